The number of rotatable bonds is 5. The van der Waals surface area contributed by atoms with E-state index in [2.05, 4.69) is 15.2 Å². The topological polar surface area (TPSA) is 76.5 Å². The molecule has 0 unspecified atom stereocenters. The van der Waals surface area contributed by atoms with Crippen molar-refractivity contribution in [1.29, 1.82) is 0 Å². The summed E-state index contributed by atoms with van der Waals surface area (Å²) in [5.74, 6) is -0.833. The number of hydrogen-bond acceptors (Lipinski definition) is 5. The van der Waals surface area contributed by atoms with Gasteiger partial charge in [0.1, 0.15) is 5.82 Å². The van der Waals surface area contributed by atoms with E-state index >= 15 is 0 Å². The zero-order chi connectivity index (χ0) is 20.5. The Morgan fingerprint density at radius 2 is 1.90 bits per heavy atom. The molecule has 0 spiro atoms. The van der Waals surface area contributed by atoms with Gasteiger partial charge in [-0.05, 0) is 31.7 Å². The second kappa shape index (κ2) is 7.85. The van der Waals surface area contributed by atoms with E-state index in [1.807, 2.05) is 10.8 Å². The maximum atomic E-state index is 14.7. The van der Waals surface area contributed by atoms with Crippen LogP contribution in [0.1, 0.15) is 47.7 Å². The molecule has 2 aliphatic rings. The monoisotopic (exact) mass is 400 g/mol. The molecule has 4 rings (SSSR count). The van der Waals surface area contributed by atoms with E-state index in [0.29, 0.717) is 43.2 Å². The summed E-state index contributed by atoms with van der Waals surface area (Å²) in [5, 5.41) is 2.70. The number of carbonyl (C=O) groups excluding carboxylic acids is 2. The van der Waals surface area contributed by atoms with Crippen molar-refractivity contribution in [3.63, 3.8) is 0 Å². The van der Waals surface area contributed by atoms with E-state index in [1.165, 1.54) is 19.2 Å². The number of nitrogens with one attached hydrogen (secondary N) is 1. The third-order valence-electron chi connectivity index (χ3n) is 5.80. The number of hydrogen-bond donors (Lipinski definition) is 1. The predicted octanol–water partition coefficient (Wildman–Crippen LogP) is 2.64. The molecule has 2 heterocycles. The second-order valence-electron chi connectivity index (χ2n) is 7.67. The standard InChI is InChI=1S/C21H25FN4O3/c1-23-20(27)14-5-7-25(8-6-14)19-10-16(22)15(21(28)29-2)9-18(19)26-11-17(24-12-26)13-3-4-13/h9-14H,3-8H2,1-2H3,(H,23,27). The summed E-state index contributed by atoms with van der Waals surface area (Å²) >= 11 is 0. The van der Waals surface area contributed by atoms with Crippen LogP contribution in [0.25, 0.3) is 5.69 Å². The van der Waals surface area contributed by atoms with Crippen LogP contribution in [0.2, 0.25) is 0 Å². The lowest BCUT2D eigenvalue weighted by Crippen LogP contribution is -2.40. The largest absolute Gasteiger partial charge is 0.465 e. The van der Waals surface area contributed by atoms with Gasteiger partial charge in [-0.1, -0.05) is 0 Å². The Morgan fingerprint density at radius 3 is 2.52 bits per heavy atom. The Hall–Kier alpha value is -2.90. The Kier molecular flexibility index (Phi) is 5.25. The van der Waals surface area contributed by atoms with Crippen LogP contribution in [-0.4, -0.2) is 48.7 Å². The van der Waals surface area contributed by atoms with Gasteiger partial charge in [-0.2, -0.15) is 0 Å². The van der Waals surface area contributed by atoms with Crippen LogP contribution in [0.4, 0.5) is 10.1 Å². The van der Waals surface area contributed by atoms with E-state index in [9.17, 15) is 14.0 Å². The van der Waals surface area contributed by atoms with Crippen molar-refractivity contribution in [2.45, 2.75) is 31.6 Å². The molecule has 0 atom stereocenters. The highest BCUT2D eigenvalue weighted by molar-refractivity contribution is 5.91. The Bertz CT molecular complexity index is 930. The summed E-state index contributed by atoms with van der Waals surface area (Å²) in [6.07, 6.45) is 7.31. The number of amides is 1. The highest BCUT2D eigenvalue weighted by Gasteiger charge is 2.29. The Balaban J connectivity index is 1.69. The van der Waals surface area contributed by atoms with Gasteiger partial charge in [0.15, 0.2) is 0 Å². The number of nitrogens with zero attached hydrogens (tertiary/aromatic N) is 3. The molecule has 29 heavy (non-hydrogen) atoms. The highest BCUT2D eigenvalue weighted by Crippen LogP contribution is 2.40. The molecule has 1 aliphatic carbocycles. The fourth-order valence-corrected chi connectivity index (χ4v) is 3.92. The van der Waals surface area contributed by atoms with Crippen molar-refractivity contribution < 1.29 is 18.7 Å². The van der Waals surface area contributed by atoms with Crippen molar-refractivity contribution in [3.05, 3.63) is 41.7 Å². The summed E-state index contributed by atoms with van der Waals surface area (Å²) in [6, 6.07) is 2.91. The average Bonchev–Trinajstić information content (AvgIpc) is 3.49. The van der Waals surface area contributed by atoms with Gasteiger partial charge in [0.2, 0.25) is 5.91 Å². The number of piperidine rings is 1. The fourth-order valence-electron chi connectivity index (χ4n) is 3.92. The molecule has 7 nitrogen and oxygen atoms in total. The van der Waals surface area contributed by atoms with E-state index in [-0.39, 0.29) is 17.4 Å². The van der Waals surface area contributed by atoms with Gasteiger partial charge in [0, 0.05) is 44.2 Å². The van der Waals surface area contributed by atoms with Crippen LogP contribution in [0.15, 0.2) is 24.7 Å². The second-order valence-corrected chi connectivity index (χ2v) is 7.67. The Morgan fingerprint density at radius 1 is 1.17 bits per heavy atom. The zero-order valence-corrected chi connectivity index (χ0v) is 16.7. The van der Waals surface area contributed by atoms with Gasteiger partial charge in [0.05, 0.1) is 36.1 Å². The number of anilines is 1. The number of imidazole rings is 1. The number of methoxy groups -OCH3 is 1. The van der Waals surface area contributed by atoms with Crippen LogP contribution in [-0.2, 0) is 9.53 Å². The molecule has 1 amide bonds. The van der Waals surface area contributed by atoms with E-state index in [0.717, 1.165) is 18.5 Å². The maximum absolute atomic E-state index is 14.7. The molecule has 2 fully saturated rings. The number of carbonyl (C=O) groups is 2. The minimum Gasteiger partial charge on any atom is -0.465 e. The van der Waals surface area contributed by atoms with Crippen LogP contribution >= 0.6 is 0 Å². The molecular weight excluding hydrogens is 375 g/mol. The maximum Gasteiger partial charge on any atom is 0.340 e. The SMILES string of the molecule is CNC(=O)C1CCN(c2cc(F)c(C(=O)OC)cc2-n2cnc(C3CC3)c2)CC1. The molecular formula is C21H25FN4O3. The summed E-state index contributed by atoms with van der Waals surface area (Å²) in [6.45, 7) is 1.26. The average molecular weight is 400 g/mol. The lowest BCUT2D eigenvalue weighted by molar-refractivity contribution is -0.125. The number of ether oxygens (including phenoxy) is 1. The smallest absolute Gasteiger partial charge is 0.340 e. The molecule has 1 N–H and O–H groups in total. The molecule has 8 heteroatoms. The first-order valence-corrected chi connectivity index (χ1v) is 9.94. The molecule has 1 aliphatic heterocycles. The molecule has 1 aromatic heterocycles. The molecule has 154 valence electrons. The van der Waals surface area contributed by atoms with Gasteiger partial charge >= 0.3 is 5.97 Å². The van der Waals surface area contributed by atoms with Crippen molar-refractivity contribution in [2.24, 2.45) is 5.92 Å². The molecule has 0 bridgehead atoms. The number of benzene rings is 1. The van der Waals surface area contributed by atoms with Crippen LogP contribution < -0.4 is 10.2 Å². The van der Waals surface area contributed by atoms with Gasteiger partial charge in [-0.15, -0.1) is 0 Å². The molecule has 1 aromatic carbocycles. The van der Waals surface area contributed by atoms with E-state index < -0.39 is 11.8 Å². The normalized spacial score (nSPS) is 17.3. The third-order valence-corrected chi connectivity index (χ3v) is 5.80. The molecule has 1 saturated heterocycles. The summed E-state index contributed by atoms with van der Waals surface area (Å²) < 4.78 is 21.3. The number of halogens is 1. The number of aromatic nitrogens is 2. The third kappa shape index (κ3) is 3.83. The first kappa shape index (κ1) is 19.4. The Labute approximate surface area is 168 Å². The summed E-state index contributed by atoms with van der Waals surface area (Å²) in [5.41, 5.74) is 2.28. The minimum absolute atomic E-state index is 0.0337. The fraction of sp³-hybridized carbons (Fsp3) is 0.476. The van der Waals surface area contributed by atoms with E-state index in [4.69, 9.17) is 4.74 Å². The van der Waals surface area contributed by atoms with Crippen LogP contribution in [0.5, 0.6) is 0 Å². The van der Waals surface area contributed by atoms with Gasteiger partial charge < -0.3 is 19.5 Å². The van der Waals surface area contributed by atoms with Gasteiger partial charge in [-0.3, -0.25) is 4.79 Å². The quantitative estimate of drug-likeness (QED) is 0.781. The summed E-state index contributed by atoms with van der Waals surface area (Å²) in [7, 11) is 2.88. The first-order chi connectivity index (χ1) is 14.0. The minimum atomic E-state index is -0.712. The first-order valence-electron chi connectivity index (χ1n) is 9.94. The molecule has 0 radical (unpaired) electrons. The molecule has 1 saturated carbocycles. The van der Waals surface area contributed by atoms with Crippen molar-refractivity contribution in [3.8, 4) is 5.69 Å². The highest BCUT2D eigenvalue weighted by atomic mass is 19.1. The molecule has 2 aromatic rings. The van der Waals surface area contributed by atoms with Crippen LogP contribution in [0, 0.1) is 11.7 Å². The van der Waals surface area contributed by atoms with Crippen molar-refractivity contribution in [1.82, 2.24) is 14.9 Å². The van der Waals surface area contributed by atoms with E-state index in [1.54, 1.807) is 13.4 Å². The number of esters is 1. The zero-order valence-electron chi connectivity index (χ0n) is 16.7. The summed E-state index contributed by atoms with van der Waals surface area (Å²) in [4.78, 5) is 30.5. The van der Waals surface area contributed by atoms with Gasteiger partial charge in [0.25, 0.3) is 0 Å². The van der Waals surface area contributed by atoms with Crippen molar-refractivity contribution >= 4 is 17.6 Å². The lowest BCUT2D eigenvalue weighted by Gasteiger charge is -2.34. The van der Waals surface area contributed by atoms with Gasteiger partial charge in [-0.25, -0.2) is 14.2 Å². The van der Waals surface area contributed by atoms with Crippen LogP contribution in [0.3, 0.4) is 0 Å². The van der Waals surface area contributed by atoms with Crippen molar-refractivity contribution in [2.75, 3.05) is 32.1 Å². The predicted molar refractivity (Wildman–Crippen MR) is 106 cm³/mol. The lowest BCUT2D eigenvalue weighted by atomic mass is 9.95.